The summed E-state index contributed by atoms with van der Waals surface area (Å²) in [6.07, 6.45) is -5.40. The Morgan fingerprint density at radius 1 is 1.00 bits per heavy atom. The lowest BCUT2D eigenvalue weighted by Gasteiger charge is -2.26. The van der Waals surface area contributed by atoms with Gasteiger partial charge >= 0.3 is 0 Å². The molecule has 0 aliphatic rings. The molecule has 0 radical (unpaired) electrons. The summed E-state index contributed by atoms with van der Waals surface area (Å²) in [5, 5.41) is 46.2. The molecular weight excluding hydrogens is 228 g/mol. The number of ketones is 1. The topological polar surface area (TPSA) is 118 Å². The summed E-state index contributed by atoms with van der Waals surface area (Å²) in [4.78, 5) is 11.5. The second kappa shape index (κ2) is 7.73. The molecule has 0 bridgehead atoms. The van der Waals surface area contributed by atoms with Crippen LogP contribution in [0.2, 0.25) is 0 Å². The Balaban J connectivity index is 4.58. The molecule has 17 heavy (non-hydrogen) atoms. The van der Waals surface area contributed by atoms with Gasteiger partial charge in [-0.3, -0.25) is 4.79 Å². The van der Waals surface area contributed by atoms with Crippen molar-refractivity contribution in [2.24, 2.45) is 5.92 Å². The van der Waals surface area contributed by atoms with Gasteiger partial charge in [-0.1, -0.05) is 26.7 Å². The quantitative estimate of drug-likeness (QED) is 0.355. The summed E-state index contributed by atoms with van der Waals surface area (Å²) >= 11 is 0. The van der Waals surface area contributed by atoms with E-state index in [1.807, 2.05) is 13.8 Å². The lowest BCUT2D eigenvalue weighted by molar-refractivity contribution is -0.151. The fourth-order valence-corrected chi connectivity index (χ4v) is 1.66. The van der Waals surface area contributed by atoms with E-state index in [1.165, 1.54) is 0 Å². The zero-order valence-corrected chi connectivity index (χ0v) is 10.2. The molecule has 0 spiro atoms. The van der Waals surface area contributed by atoms with Crippen molar-refractivity contribution in [3.05, 3.63) is 0 Å². The molecule has 6 nitrogen and oxygen atoms in total. The van der Waals surface area contributed by atoms with Crippen LogP contribution in [0.15, 0.2) is 0 Å². The first kappa shape index (κ1) is 16.5. The van der Waals surface area contributed by atoms with Crippen molar-refractivity contribution in [2.45, 2.75) is 51.1 Å². The second-order valence-electron chi connectivity index (χ2n) is 4.11. The standard InChI is InChI=1S/C11H22O6/c1-3-6(4-2)8(14)10(16)11(17)9(15)7(13)5-12/h6-10,12-16H,3-5H2,1-2H3/t7-,8?,9-,10-/m1/s1. The number of rotatable bonds is 8. The minimum absolute atomic E-state index is 0.257. The predicted octanol–water partition coefficient (Wildman–Crippen LogP) is -1.57. The average molecular weight is 250 g/mol. The van der Waals surface area contributed by atoms with Gasteiger partial charge in [0.05, 0.1) is 12.7 Å². The molecule has 4 atom stereocenters. The fourth-order valence-electron chi connectivity index (χ4n) is 1.66. The summed E-state index contributed by atoms with van der Waals surface area (Å²) in [5.41, 5.74) is 0. The third-order valence-corrected chi connectivity index (χ3v) is 2.99. The van der Waals surface area contributed by atoms with Gasteiger partial charge in [-0.25, -0.2) is 0 Å². The highest BCUT2D eigenvalue weighted by Crippen LogP contribution is 2.17. The molecule has 0 aromatic rings. The van der Waals surface area contributed by atoms with Gasteiger partial charge in [0.25, 0.3) is 0 Å². The number of aliphatic hydroxyl groups is 5. The van der Waals surface area contributed by atoms with Crippen LogP contribution in [0.1, 0.15) is 26.7 Å². The van der Waals surface area contributed by atoms with E-state index in [-0.39, 0.29) is 5.92 Å². The van der Waals surface area contributed by atoms with Crippen LogP contribution in [0.5, 0.6) is 0 Å². The Bertz CT molecular complexity index is 228. The molecule has 5 N–H and O–H groups in total. The zero-order valence-electron chi connectivity index (χ0n) is 10.2. The minimum atomic E-state index is -1.89. The maximum absolute atomic E-state index is 11.5. The van der Waals surface area contributed by atoms with E-state index in [2.05, 4.69) is 0 Å². The van der Waals surface area contributed by atoms with Gasteiger partial charge in [-0.05, 0) is 5.92 Å². The van der Waals surface area contributed by atoms with Crippen molar-refractivity contribution in [1.82, 2.24) is 0 Å². The molecule has 102 valence electrons. The van der Waals surface area contributed by atoms with Gasteiger partial charge in [0.1, 0.15) is 18.3 Å². The third-order valence-electron chi connectivity index (χ3n) is 2.99. The highest BCUT2D eigenvalue weighted by molar-refractivity contribution is 5.88. The Labute approximate surface area is 101 Å². The van der Waals surface area contributed by atoms with E-state index in [1.54, 1.807) is 0 Å². The molecule has 6 heteroatoms. The van der Waals surface area contributed by atoms with Crippen LogP contribution < -0.4 is 0 Å². The largest absolute Gasteiger partial charge is 0.394 e. The van der Waals surface area contributed by atoms with Crippen molar-refractivity contribution in [3.8, 4) is 0 Å². The van der Waals surface area contributed by atoms with E-state index >= 15 is 0 Å². The van der Waals surface area contributed by atoms with Gasteiger partial charge in [-0.2, -0.15) is 0 Å². The van der Waals surface area contributed by atoms with E-state index < -0.39 is 36.8 Å². The number of hydrogen-bond acceptors (Lipinski definition) is 6. The molecule has 1 unspecified atom stereocenters. The molecule has 0 rings (SSSR count). The SMILES string of the molecule is CCC(CC)C(O)[C@@H](O)C(=O)[C@H](O)[C@H](O)CO. The van der Waals surface area contributed by atoms with Crippen molar-refractivity contribution < 1.29 is 30.3 Å². The highest BCUT2D eigenvalue weighted by atomic mass is 16.4. The molecule has 0 aromatic heterocycles. The molecule has 0 aromatic carbocycles. The smallest absolute Gasteiger partial charge is 0.195 e. The molecule has 0 saturated heterocycles. The molecular formula is C11H22O6. The van der Waals surface area contributed by atoms with Gasteiger partial charge in [0.15, 0.2) is 5.78 Å². The van der Waals surface area contributed by atoms with E-state index in [0.717, 1.165) is 0 Å². The lowest BCUT2D eigenvalue weighted by atomic mass is 9.89. The summed E-state index contributed by atoms with van der Waals surface area (Å²) < 4.78 is 0. The average Bonchev–Trinajstić information content (AvgIpc) is 2.36. The molecule has 0 aliphatic heterocycles. The summed E-state index contributed by atoms with van der Waals surface area (Å²) in [6, 6.07) is 0. The Morgan fingerprint density at radius 3 is 1.82 bits per heavy atom. The summed E-state index contributed by atoms with van der Waals surface area (Å²) in [5.74, 6) is -1.33. The van der Waals surface area contributed by atoms with Crippen molar-refractivity contribution in [1.29, 1.82) is 0 Å². The number of aliphatic hydroxyl groups excluding tert-OH is 5. The van der Waals surface area contributed by atoms with Gasteiger partial charge in [-0.15, -0.1) is 0 Å². The maximum Gasteiger partial charge on any atom is 0.195 e. The van der Waals surface area contributed by atoms with Gasteiger partial charge < -0.3 is 25.5 Å². The second-order valence-corrected chi connectivity index (χ2v) is 4.11. The van der Waals surface area contributed by atoms with E-state index in [4.69, 9.17) is 10.2 Å². The van der Waals surface area contributed by atoms with Gasteiger partial charge in [0.2, 0.25) is 0 Å². The molecule has 0 aliphatic carbocycles. The van der Waals surface area contributed by atoms with Crippen molar-refractivity contribution in [2.75, 3.05) is 6.61 Å². The van der Waals surface area contributed by atoms with Crippen LogP contribution in [-0.2, 0) is 4.79 Å². The van der Waals surface area contributed by atoms with Crippen LogP contribution in [0, 0.1) is 5.92 Å². The Kier molecular flexibility index (Phi) is 7.49. The van der Waals surface area contributed by atoms with Gasteiger partial charge in [0, 0.05) is 0 Å². The monoisotopic (exact) mass is 250 g/mol. The van der Waals surface area contributed by atoms with Crippen LogP contribution in [-0.4, -0.2) is 62.3 Å². The van der Waals surface area contributed by atoms with Crippen LogP contribution >= 0.6 is 0 Å². The minimum Gasteiger partial charge on any atom is -0.394 e. The highest BCUT2D eigenvalue weighted by Gasteiger charge is 2.35. The number of hydrogen-bond donors (Lipinski definition) is 5. The van der Waals surface area contributed by atoms with E-state index in [9.17, 15) is 20.1 Å². The molecule has 0 amide bonds. The number of Topliss-reactive ketones (excluding diaryl/α,β-unsaturated/α-hetero) is 1. The lowest BCUT2D eigenvalue weighted by Crippen LogP contribution is -2.48. The Morgan fingerprint density at radius 2 is 1.47 bits per heavy atom. The molecule has 0 fully saturated rings. The van der Waals surface area contributed by atoms with Crippen LogP contribution in [0.25, 0.3) is 0 Å². The Hall–Kier alpha value is -0.530. The molecule has 0 saturated carbocycles. The first-order valence-electron chi connectivity index (χ1n) is 5.77. The maximum atomic E-state index is 11.5. The summed E-state index contributed by atoms with van der Waals surface area (Å²) in [7, 11) is 0. The van der Waals surface area contributed by atoms with E-state index in [0.29, 0.717) is 12.8 Å². The van der Waals surface area contributed by atoms with Crippen molar-refractivity contribution >= 4 is 5.78 Å². The van der Waals surface area contributed by atoms with Crippen LogP contribution in [0.4, 0.5) is 0 Å². The normalized spacial score (nSPS) is 18.8. The predicted molar refractivity (Wildman–Crippen MR) is 60.2 cm³/mol. The first-order valence-corrected chi connectivity index (χ1v) is 5.77. The number of carbonyl (C=O) groups is 1. The van der Waals surface area contributed by atoms with Crippen LogP contribution in [0.3, 0.4) is 0 Å². The fraction of sp³-hybridized carbons (Fsp3) is 0.909. The zero-order chi connectivity index (χ0) is 13.6. The number of carbonyl (C=O) groups excluding carboxylic acids is 1. The van der Waals surface area contributed by atoms with Crippen molar-refractivity contribution in [3.63, 3.8) is 0 Å². The first-order chi connectivity index (χ1) is 7.90. The third kappa shape index (κ3) is 4.33. The summed E-state index contributed by atoms with van der Waals surface area (Å²) in [6.45, 7) is 2.84. The molecule has 0 heterocycles.